The zero-order valence-corrected chi connectivity index (χ0v) is 13.8. The van der Waals surface area contributed by atoms with Crippen LogP contribution in [0.25, 0.3) is 0 Å². The molecule has 5 heteroatoms. The number of hydrogen-bond acceptors (Lipinski definition) is 4. The van der Waals surface area contributed by atoms with Crippen molar-refractivity contribution in [1.29, 1.82) is 0 Å². The molecule has 0 radical (unpaired) electrons. The molecule has 0 aliphatic carbocycles. The molecule has 0 aliphatic rings. The Bertz CT molecular complexity index is 656. The summed E-state index contributed by atoms with van der Waals surface area (Å²) in [4.78, 5) is 23.8. The Balaban J connectivity index is 1.67. The van der Waals surface area contributed by atoms with Gasteiger partial charge in [-0.2, -0.15) is 0 Å². The van der Waals surface area contributed by atoms with Crippen molar-refractivity contribution in [1.82, 2.24) is 5.32 Å². The molecule has 0 unspecified atom stereocenters. The molecule has 0 aromatic heterocycles. The van der Waals surface area contributed by atoms with Crippen molar-refractivity contribution in [3.63, 3.8) is 0 Å². The first-order valence-corrected chi connectivity index (χ1v) is 8.31. The molecule has 2 rings (SSSR count). The number of benzene rings is 2. The molecule has 0 fully saturated rings. The number of hydrogen-bond donors (Lipinski definition) is 1. The highest BCUT2D eigenvalue weighted by Gasteiger charge is 2.05. The van der Waals surface area contributed by atoms with Crippen molar-refractivity contribution in [3.05, 3.63) is 59.7 Å². The third-order valence-electron chi connectivity index (χ3n) is 3.12. The summed E-state index contributed by atoms with van der Waals surface area (Å²) in [6.07, 6.45) is 0.714. The maximum atomic E-state index is 11.7. The predicted molar refractivity (Wildman–Crippen MR) is 92.2 cm³/mol. The number of aldehydes is 1. The lowest BCUT2D eigenvalue weighted by molar-refractivity contribution is -0.122. The quantitative estimate of drug-likeness (QED) is 0.459. The molecule has 23 heavy (non-hydrogen) atoms. The van der Waals surface area contributed by atoms with Gasteiger partial charge in [0.15, 0.2) is 12.9 Å². The van der Waals surface area contributed by atoms with Crippen molar-refractivity contribution in [2.45, 2.75) is 11.8 Å². The van der Waals surface area contributed by atoms with Crippen LogP contribution in [0.4, 0.5) is 0 Å². The Morgan fingerprint density at radius 1 is 1.17 bits per heavy atom. The van der Waals surface area contributed by atoms with Crippen LogP contribution in [0.15, 0.2) is 53.4 Å². The smallest absolute Gasteiger partial charge is 0.257 e. The van der Waals surface area contributed by atoms with Crippen molar-refractivity contribution >= 4 is 24.0 Å². The van der Waals surface area contributed by atoms with E-state index in [2.05, 4.69) is 36.5 Å². The van der Waals surface area contributed by atoms with Gasteiger partial charge in [-0.1, -0.05) is 29.8 Å². The summed E-state index contributed by atoms with van der Waals surface area (Å²) >= 11 is 1.69. The fourth-order valence-corrected chi connectivity index (χ4v) is 2.67. The zero-order valence-electron chi connectivity index (χ0n) is 13.0. The van der Waals surface area contributed by atoms with E-state index in [1.165, 1.54) is 10.5 Å². The van der Waals surface area contributed by atoms with Crippen LogP contribution in [0.5, 0.6) is 5.75 Å². The van der Waals surface area contributed by atoms with E-state index in [1.54, 1.807) is 36.0 Å². The lowest BCUT2D eigenvalue weighted by atomic mass is 10.2. The molecule has 0 bridgehead atoms. The molecule has 4 nitrogen and oxygen atoms in total. The van der Waals surface area contributed by atoms with E-state index in [9.17, 15) is 9.59 Å². The summed E-state index contributed by atoms with van der Waals surface area (Å²) in [7, 11) is 0. The minimum atomic E-state index is -0.199. The van der Waals surface area contributed by atoms with E-state index in [0.717, 1.165) is 5.75 Å². The van der Waals surface area contributed by atoms with E-state index >= 15 is 0 Å². The van der Waals surface area contributed by atoms with Crippen molar-refractivity contribution in [2.24, 2.45) is 0 Å². The summed E-state index contributed by atoms with van der Waals surface area (Å²) in [6, 6.07) is 15.1. The first-order valence-electron chi connectivity index (χ1n) is 7.32. The van der Waals surface area contributed by atoms with Gasteiger partial charge in [0.25, 0.3) is 5.91 Å². The molecule has 0 saturated carbocycles. The van der Waals surface area contributed by atoms with Gasteiger partial charge in [0.2, 0.25) is 0 Å². The first-order chi connectivity index (χ1) is 11.2. The minimum absolute atomic E-state index is 0.0972. The van der Waals surface area contributed by atoms with Crippen molar-refractivity contribution in [2.75, 3.05) is 18.9 Å². The Kier molecular flexibility index (Phi) is 6.69. The summed E-state index contributed by atoms with van der Waals surface area (Å²) in [6.45, 7) is 2.52. The Labute approximate surface area is 140 Å². The SMILES string of the molecule is Cc1ccc(SCCNC(=O)COc2ccccc2C=O)cc1. The summed E-state index contributed by atoms with van der Waals surface area (Å²) in [5, 5.41) is 2.80. The van der Waals surface area contributed by atoms with Gasteiger partial charge in [0.1, 0.15) is 5.75 Å². The normalized spacial score (nSPS) is 10.1. The van der Waals surface area contributed by atoms with Crippen LogP contribution in [0, 0.1) is 6.92 Å². The second kappa shape index (κ2) is 9.00. The lowest BCUT2D eigenvalue weighted by Crippen LogP contribution is -2.30. The van der Waals surface area contributed by atoms with Crippen LogP contribution in [0.2, 0.25) is 0 Å². The molecule has 120 valence electrons. The Morgan fingerprint density at radius 2 is 1.91 bits per heavy atom. The monoisotopic (exact) mass is 329 g/mol. The Morgan fingerprint density at radius 3 is 2.65 bits per heavy atom. The number of thioether (sulfide) groups is 1. The molecule has 0 saturated heterocycles. The molecule has 0 atom stereocenters. The van der Waals surface area contributed by atoms with Gasteiger partial charge in [-0.25, -0.2) is 0 Å². The van der Waals surface area contributed by atoms with Crippen LogP contribution in [-0.2, 0) is 4.79 Å². The highest BCUT2D eigenvalue weighted by atomic mass is 32.2. The van der Waals surface area contributed by atoms with Crippen molar-refractivity contribution < 1.29 is 14.3 Å². The zero-order chi connectivity index (χ0) is 16.5. The maximum absolute atomic E-state index is 11.7. The van der Waals surface area contributed by atoms with Crippen LogP contribution >= 0.6 is 11.8 Å². The molecular weight excluding hydrogens is 310 g/mol. The van der Waals surface area contributed by atoms with Gasteiger partial charge in [-0.3, -0.25) is 9.59 Å². The Hall–Kier alpha value is -2.27. The molecule has 2 aromatic carbocycles. The van der Waals surface area contributed by atoms with E-state index in [4.69, 9.17) is 4.74 Å². The second-order valence-electron chi connectivity index (χ2n) is 4.96. The summed E-state index contributed by atoms with van der Waals surface area (Å²) < 4.78 is 5.37. The fourth-order valence-electron chi connectivity index (χ4n) is 1.90. The van der Waals surface area contributed by atoms with Gasteiger partial charge in [0.05, 0.1) is 5.56 Å². The van der Waals surface area contributed by atoms with E-state index < -0.39 is 0 Å². The molecule has 1 N–H and O–H groups in total. The number of nitrogens with one attached hydrogen (secondary N) is 1. The summed E-state index contributed by atoms with van der Waals surface area (Å²) in [5.74, 6) is 1.02. The number of aryl methyl sites for hydroxylation is 1. The van der Waals surface area contributed by atoms with Crippen LogP contribution < -0.4 is 10.1 Å². The number of carbonyl (C=O) groups excluding carboxylic acids is 2. The van der Waals surface area contributed by atoms with Crippen LogP contribution in [0.3, 0.4) is 0 Å². The van der Waals surface area contributed by atoms with Crippen molar-refractivity contribution in [3.8, 4) is 5.75 Å². The minimum Gasteiger partial charge on any atom is -0.483 e. The second-order valence-corrected chi connectivity index (χ2v) is 6.12. The molecule has 0 spiro atoms. The maximum Gasteiger partial charge on any atom is 0.257 e. The molecule has 2 aromatic rings. The average Bonchev–Trinajstić information content (AvgIpc) is 2.58. The first kappa shape index (κ1) is 17.1. The van der Waals surface area contributed by atoms with Gasteiger partial charge in [0, 0.05) is 17.2 Å². The highest BCUT2D eigenvalue weighted by Crippen LogP contribution is 2.17. The average molecular weight is 329 g/mol. The predicted octanol–water partition coefficient (Wildman–Crippen LogP) is 3.09. The van der Waals surface area contributed by atoms with Gasteiger partial charge in [-0.05, 0) is 31.2 Å². The van der Waals surface area contributed by atoms with Gasteiger partial charge in [-0.15, -0.1) is 11.8 Å². The molecular formula is C18H19NO3S. The number of carbonyl (C=O) groups is 2. The molecule has 0 aliphatic heterocycles. The number of amides is 1. The number of para-hydroxylation sites is 1. The van der Waals surface area contributed by atoms with E-state index in [0.29, 0.717) is 24.1 Å². The fraction of sp³-hybridized carbons (Fsp3) is 0.222. The van der Waals surface area contributed by atoms with E-state index in [-0.39, 0.29) is 12.5 Å². The molecule has 0 heterocycles. The lowest BCUT2D eigenvalue weighted by Gasteiger charge is -2.09. The van der Waals surface area contributed by atoms with Crippen LogP contribution in [0.1, 0.15) is 15.9 Å². The van der Waals surface area contributed by atoms with E-state index in [1.807, 2.05) is 0 Å². The third-order valence-corrected chi connectivity index (χ3v) is 4.13. The standard InChI is InChI=1S/C18H19NO3S/c1-14-6-8-16(9-7-14)23-11-10-19-18(21)13-22-17-5-3-2-4-15(17)12-20/h2-9,12H,10-11,13H2,1H3,(H,19,21). The third kappa shape index (κ3) is 5.79. The van der Waals surface area contributed by atoms with Gasteiger partial charge < -0.3 is 10.1 Å². The number of ether oxygens (including phenoxy) is 1. The van der Waals surface area contributed by atoms with Crippen LogP contribution in [-0.4, -0.2) is 31.1 Å². The largest absolute Gasteiger partial charge is 0.483 e. The number of rotatable bonds is 8. The van der Waals surface area contributed by atoms with Gasteiger partial charge >= 0.3 is 0 Å². The molecule has 1 amide bonds. The summed E-state index contributed by atoms with van der Waals surface area (Å²) in [5.41, 5.74) is 1.67. The topological polar surface area (TPSA) is 55.4 Å². The highest BCUT2D eigenvalue weighted by molar-refractivity contribution is 7.99.